The maximum atomic E-state index is 11.8. The summed E-state index contributed by atoms with van der Waals surface area (Å²) >= 11 is 0. The van der Waals surface area contributed by atoms with Crippen molar-refractivity contribution in [1.29, 1.82) is 0 Å². The van der Waals surface area contributed by atoms with Crippen LogP contribution in [0.25, 0.3) is 0 Å². The molecule has 20 heavy (non-hydrogen) atoms. The molecule has 0 spiro atoms. The fraction of sp³-hybridized carbons (Fsp3) is 0. The van der Waals surface area contributed by atoms with Crippen LogP contribution in [0.15, 0.2) is 29.4 Å². The first-order valence-corrected chi connectivity index (χ1v) is 5.46. The second kappa shape index (κ2) is 4.81. The minimum Gasteiger partial charge on any atom is -0.506 e. The van der Waals surface area contributed by atoms with Crippen molar-refractivity contribution in [2.75, 3.05) is 10.4 Å². The summed E-state index contributed by atoms with van der Waals surface area (Å²) in [6.45, 7) is 0. The third kappa shape index (κ3) is 2.20. The fourth-order valence-electron chi connectivity index (χ4n) is 1.48. The van der Waals surface area contributed by atoms with E-state index in [1.807, 2.05) is 0 Å². The molecule has 0 bridgehead atoms. The lowest BCUT2D eigenvalue weighted by atomic mass is 10.3. The summed E-state index contributed by atoms with van der Waals surface area (Å²) in [6.07, 6.45) is 1.24. The maximum absolute atomic E-state index is 11.8. The molecule has 1 aliphatic rings. The van der Waals surface area contributed by atoms with E-state index in [1.54, 1.807) is 18.2 Å². The van der Waals surface area contributed by atoms with E-state index in [-0.39, 0.29) is 11.7 Å². The summed E-state index contributed by atoms with van der Waals surface area (Å²) in [5, 5.41) is 31.0. The van der Waals surface area contributed by atoms with Crippen LogP contribution in [-0.2, 0) is 0 Å². The van der Waals surface area contributed by atoms with Crippen LogP contribution < -0.4 is 16.0 Å². The molecule has 0 atom stereocenters. The topological polar surface area (TPSA) is 135 Å². The Morgan fingerprint density at radius 3 is 2.95 bits per heavy atom. The summed E-state index contributed by atoms with van der Waals surface area (Å²) in [7, 11) is 0. The monoisotopic (exact) mass is 275 g/mol. The van der Waals surface area contributed by atoms with E-state index in [9.17, 15) is 9.90 Å². The number of nitrogens with zero attached hydrogens (tertiary/aromatic N) is 6. The Labute approximate surface area is 111 Å². The number of aromatic amines is 1. The molecule has 0 saturated carbocycles. The summed E-state index contributed by atoms with van der Waals surface area (Å²) in [5.41, 5.74) is 3.05. The van der Waals surface area contributed by atoms with Crippen molar-refractivity contribution in [3.8, 4) is 5.75 Å². The summed E-state index contributed by atoms with van der Waals surface area (Å²) in [6, 6.07) is 6.00. The van der Waals surface area contributed by atoms with Gasteiger partial charge in [0.05, 0.1) is 0 Å². The first kappa shape index (κ1) is 11.9. The molecule has 2 amide bonds. The zero-order chi connectivity index (χ0) is 13.9. The van der Waals surface area contributed by atoms with Crippen LogP contribution in [0.4, 0.5) is 16.4 Å². The molecule has 2 aromatic rings. The summed E-state index contributed by atoms with van der Waals surface area (Å²) in [5.74, 6) is 0.0591. The molecule has 0 aliphatic carbocycles. The van der Waals surface area contributed by atoms with E-state index in [1.165, 1.54) is 17.5 Å². The Balaban J connectivity index is 1.67. The van der Waals surface area contributed by atoms with Gasteiger partial charge in [0.25, 0.3) is 5.95 Å². The number of hydrogen-bond donors (Lipinski definition) is 4. The number of H-pyrrole nitrogens is 1. The minimum absolute atomic E-state index is 0.0255. The Bertz CT molecular complexity index is 641. The van der Waals surface area contributed by atoms with Crippen LogP contribution >= 0.6 is 0 Å². The Morgan fingerprint density at radius 1 is 1.35 bits per heavy atom. The number of nitrogens with one attached hydrogen (secondary N) is 3. The van der Waals surface area contributed by atoms with Gasteiger partial charge in [0, 0.05) is 0 Å². The van der Waals surface area contributed by atoms with Gasteiger partial charge in [-0.3, -0.25) is 5.32 Å². The predicted molar refractivity (Wildman–Crippen MR) is 67.2 cm³/mol. The molecule has 1 aromatic carbocycles. The number of phenolic OH excluding ortho intramolecular Hbond substituents is 1. The summed E-state index contributed by atoms with van der Waals surface area (Å²) in [4.78, 5) is 11.8. The smallest absolute Gasteiger partial charge is 0.345 e. The number of tetrazole rings is 1. The number of para-hydroxylation sites is 2. The number of aromatic nitrogens is 4. The average molecular weight is 275 g/mol. The highest BCUT2D eigenvalue weighted by Crippen LogP contribution is 2.26. The third-order valence-electron chi connectivity index (χ3n) is 2.38. The molecule has 4 N–H and O–H groups in total. The lowest BCUT2D eigenvalue weighted by Gasteiger charge is -2.18. The van der Waals surface area contributed by atoms with Crippen LogP contribution in [0.3, 0.4) is 0 Å². The molecule has 11 heteroatoms. The van der Waals surface area contributed by atoms with E-state index >= 15 is 0 Å². The number of carbonyl (C=O) groups excluding carboxylic acids is 1. The number of phenols is 1. The zero-order valence-corrected chi connectivity index (χ0v) is 9.93. The molecule has 2 heterocycles. The second-order valence-corrected chi connectivity index (χ2v) is 3.67. The highest BCUT2D eigenvalue weighted by molar-refractivity contribution is 5.95. The molecule has 0 fully saturated rings. The molecule has 0 saturated heterocycles. The van der Waals surface area contributed by atoms with Gasteiger partial charge in [-0.2, -0.15) is 15.3 Å². The van der Waals surface area contributed by atoms with Crippen molar-refractivity contribution in [2.45, 2.75) is 0 Å². The molecular weight excluding hydrogens is 266 g/mol. The van der Waals surface area contributed by atoms with Gasteiger partial charge < -0.3 is 5.11 Å². The molecule has 0 radical (unpaired) electrons. The van der Waals surface area contributed by atoms with Gasteiger partial charge in [0.2, 0.25) is 0 Å². The number of aromatic hydroxyl groups is 1. The maximum Gasteiger partial charge on any atom is 0.345 e. The molecule has 3 rings (SSSR count). The van der Waals surface area contributed by atoms with E-state index in [2.05, 4.69) is 36.6 Å². The normalized spacial score (nSPS) is 13.8. The molecule has 0 unspecified atom stereocenters. The van der Waals surface area contributed by atoms with Crippen molar-refractivity contribution in [1.82, 2.24) is 31.2 Å². The molecule has 1 aliphatic heterocycles. The van der Waals surface area contributed by atoms with Gasteiger partial charge in [-0.05, 0) is 17.3 Å². The van der Waals surface area contributed by atoms with Crippen molar-refractivity contribution in [3.05, 3.63) is 24.3 Å². The highest BCUT2D eigenvalue weighted by atomic mass is 16.3. The first-order valence-electron chi connectivity index (χ1n) is 5.46. The largest absolute Gasteiger partial charge is 0.506 e. The lowest BCUT2D eigenvalue weighted by Crippen LogP contribution is -2.46. The molecule has 102 valence electrons. The van der Waals surface area contributed by atoms with Gasteiger partial charge in [-0.1, -0.05) is 17.2 Å². The van der Waals surface area contributed by atoms with Crippen LogP contribution in [0.2, 0.25) is 0 Å². The van der Waals surface area contributed by atoms with E-state index in [0.29, 0.717) is 5.69 Å². The van der Waals surface area contributed by atoms with Gasteiger partial charge in [-0.15, -0.1) is 15.7 Å². The zero-order valence-electron chi connectivity index (χ0n) is 9.93. The van der Waals surface area contributed by atoms with Crippen molar-refractivity contribution < 1.29 is 9.90 Å². The van der Waals surface area contributed by atoms with Crippen LogP contribution in [-0.4, -0.2) is 43.1 Å². The van der Waals surface area contributed by atoms with Crippen molar-refractivity contribution in [3.63, 3.8) is 0 Å². The fourth-order valence-corrected chi connectivity index (χ4v) is 1.48. The van der Waals surface area contributed by atoms with Gasteiger partial charge in [0.1, 0.15) is 17.8 Å². The number of anilines is 2. The number of benzene rings is 1. The van der Waals surface area contributed by atoms with Gasteiger partial charge in [0.15, 0.2) is 0 Å². The number of hydrazone groups is 1. The standard InChI is InChI=1S/C9H9N9O2/c19-7-4-2-1-3-6(7)18-10-5-17(16-18)9(20)11-8-12-14-15-13-8/h1-5,16,19H,(H2,11,12,13,14,15,20). The summed E-state index contributed by atoms with van der Waals surface area (Å²) < 4.78 is 0. The number of carbonyl (C=O) groups is 1. The van der Waals surface area contributed by atoms with Crippen LogP contribution in [0.1, 0.15) is 0 Å². The Kier molecular flexibility index (Phi) is 2.85. The van der Waals surface area contributed by atoms with Crippen molar-refractivity contribution in [2.24, 2.45) is 5.10 Å². The number of rotatable bonds is 2. The number of hydrazine groups is 2. The predicted octanol–water partition coefficient (Wildman–Crippen LogP) is -0.378. The van der Waals surface area contributed by atoms with Crippen LogP contribution in [0.5, 0.6) is 5.75 Å². The SMILES string of the molecule is O=C(Nc1nn[nH]n1)N1C=NN(c2ccccc2O)N1. The molecule has 1 aromatic heterocycles. The van der Waals surface area contributed by atoms with E-state index in [4.69, 9.17) is 0 Å². The average Bonchev–Trinajstić information content (AvgIpc) is 3.10. The minimum atomic E-state index is -0.562. The number of urea groups is 1. The first-order chi connectivity index (χ1) is 9.74. The number of hydrogen-bond acceptors (Lipinski definition) is 8. The van der Waals surface area contributed by atoms with Gasteiger partial charge >= 0.3 is 6.03 Å². The molecular formula is C9H9N9O2. The highest BCUT2D eigenvalue weighted by Gasteiger charge is 2.23. The second-order valence-electron chi connectivity index (χ2n) is 3.67. The quantitative estimate of drug-likeness (QED) is 0.586. The van der Waals surface area contributed by atoms with Crippen molar-refractivity contribution >= 4 is 24.0 Å². The Hall–Kier alpha value is -3.21. The third-order valence-corrected chi connectivity index (χ3v) is 2.38. The Morgan fingerprint density at radius 2 is 2.20 bits per heavy atom. The van der Waals surface area contributed by atoms with Gasteiger partial charge in [-0.25, -0.2) is 4.79 Å². The van der Waals surface area contributed by atoms with E-state index in [0.717, 1.165) is 5.01 Å². The van der Waals surface area contributed by atoms with Crippen LogP contribution in [0, 0.1) is 0 Å². The lowest BCUT2D eigenvalue weighted by molar-refractivity contribution is 0.223. The van der Waals surface area contributed by atoms with E-state index < -0.39 is 6.03 Å². The molecule has 11 nitrogen and oxygen atoms in total. The number of amides is 2.